The quantitative estimate of drug-likeness (QED) is 0.748. The molecule has 1 fully saturated rings. The van der Waals surface area contributed by atoms with Crippen molar-refractivity contribution in [1.29, 1.82) is 0 Å². The molecule has 2 rings (SSSR count). The molecule has 0 saturated carbocycles. The molecular weight excluding hydrogens is 303 g/mol. The van der Waals surface area contributed by atoms with Crippen LogP contribution in [0.4, 0.5) is 10.1 Å². The molecule has 0 bridgehead atoms. The Kier molecular flexibility index (Phi) is 5.67. The standard InChI is InChI=1S/C16H19FN2O4/c17-11-5-1-2-6-13(11)19-10-9-12(16(19)23)18-14(20)7-3-4-8-15(21)22/h1-2,5-6,12H,3-4,7-10H2,(H,18,20)(H,21,22). The van der Waals surface area contributed by atoms with Gasteiger partial charge in [0.2, 0.25) is 11.8 Å². The van der Waals surface area contributed by atoms with Crippen LogP contribution in [-0.2, 0) is 14.4 Å². The number of nitrogens with one attached hydrogen (secondary N) is 1. The van der Waals surface area contributed by atoms with Gasteiger partial charge in [0.1, 0.15) is 11.9 Å². The number of para-hydroxylation sites is 1. The van der Waals surface area contributed by atoms with Crippen LogP contribution in [0.3, 0.4) is 0 Å². The van der Waals surface area contributed by atoms with E-state index in [1.165, 1.54) is 17.0 Å². The van der Waals surface area contributed by atoms with Crippen molar-refractivity contribution >= 4 is 23.5 Å². The number of rotatable bonds is 7. The van der Waals surface area contributed by atoms with Crippen molar-refractivity contribution in [2.75, 3.05) is 11.4 Å². The smallest absolute Gasteiger partial charge is 0.303 e. The number of carbonyl (C=O) groups excluding carboxylic acids is 2. The first-order valence-electron chi connectivity index (χ1n) is 7.56. The lowest BCUT2D eigenvalue weighted by Crippen LogP contribution is -2.41. The third-order valence-electron chi connectivity index (χ3n) is 3.73. The minimum Gasteiger partial charge on any atom is -0.481 e. The molecule has 1 aromatic carbocycles. The lowest BCUT2D eigenvalue weighted by Gasteiger charge is -2.17. The van der Waals surface area contributed by atoms with E-state index in [0.717, 1.165) is 0 Å². The van der Waals surface area contributed by atoms with E-state index >= 15 is 0 Å². The second-order valence-corrected chi connectivity index (χ2v) is 5.45. The van der Waals surface area contributed by atoms with Crippen LogP contribution < -0.4 is 10.2 Å². The number of hydrogen-bond donors (Lipinski definition) is 2. The number of amides is 2. The van der Waals surface area contributed by atoms with E-state index in [0.29, 0.717) is 25.8 Å². The number of anilines is 1. The molecule has 2 N–H and O–H groups in total. The second-order valence-electron chi connectivity index (χ2n) is 5.45. The van der Waals surface area contributed by atoms with Crippen molar-refractivity contribution in [3.8, 4) is 0 Å². The number of carboxylic acid groups (broad SMARTS) is 1. The lowest BCUT2D eigenvalue weighted by atomic mass is 10.1. The lowest BCUT2D eigenvalue weighted by molar-refractivity contribution is -0.137. The fourth-order valence-corrected chi connectivity index (χ4v) is 2.55. The maximum Gasteiger partial charge on any atom is 0.303 e. The minimum atomic E-state index is -0.892. The summed E-state index contributed by atoms with van der Waals surface area (Å²) in [6.45, 7) is 0.351. The van der Waals surface area contributed by atoms with Gasteiger partial charge in [-0.3, -0.25) is 14.4 Å². The molecule has 1 aromatic rings. The van der Waals surface area contributed by atoms with Crippen molar-refractivity contribution in [2.45, 2.75) is 38.1 Å². The molecule has 1 heterocycles. The first kappa shape index (κ1) is 16.9. The SMILES string of the molecule is O=C(O)CCCCC(=O)NC1CCN(c2ccccc2F)C1=O. The summed E-state index contributed by atoms with van der Waals surface area (Å²) in [7, 11) is 0. The van der Waals surface area contributed by atoms with Gasteiger partial charge in [0.25, 0.3) is 0 Å². The van der Waals surface area contributed by atoms with Crippen LogP contribution in [0.15, 0.2) is 24.3 Å². The maximum absolute atomic E-state index is 13.7. The van der Waals surface area contributed by atoms with Crippen molar-refractivity contribution in [1.82, 2.24) is 5.32 Å². The van der Waals surface area contributed by atoms with Gasteiger partial charge >= 0.3 is 5.97 Å². The molecule has 0 aliphatic carbocycles. The number of halogens is 1. The van der Waals surface area contributed by atoms with Crippen molar-refractivity contribution in [2.24, 2.45) is 0 Å². The van der Waals surface area contributed by atoms with Crippen LogP contribution in [-0.4, -0.2) is 35.5 Å². The third-order valence-corrected chi connectivity index (χ3v) is 3.73. The molecule has 1 atom stereocenters. The Bertz CT molecular complexity index is 605. The maximum atomic E-state index is 13.7. The predicted molar refractivity (Wildman–Crippen MR) is 81.4 cm³/mol. The molecule has 23 heavy (non-hydrogen) atoms. The molecule has 2 amide bonds. The van der Waals surface area contributed by atoms with Crippen molar-refractivity contribution < 1.29 is 23.9 Å². The summed E-state index contributed by atoms with van der Waals surface area (Å²) < 4.78 is 13.7. The Morgan fingerprint density at radius 1 is 1.26 bits per heavy atom. The van der Waals surface area contributed by atoms with Gasteiger partial charge in [-0.1, -0.05) is 12.1 Å². The minimum absolute atomic E-state index is 0.0245. The highest BCUT2D eigenvalue weighted by molar-refractivity contribution is 6.01. The number of benzene rings is 1. The molecular formula is C16H19FN2O4. The average Bonchev–Trinajstić information content (AvgIpc) is 2.85. The summed E-state index contributed by atoms with van der Waals surface area (Å²) >= 11 is 0. The second kappa shape index (κ2) is 7.71. The van der Waals surface area contributed by atoms with E-state index < -0.39 is 17.8 Å². The zero-order chi connectivity index (χ0) is 16.8. The number of unbranched alkanes of at least 4 members (excludes halogenated alkanes) is 1. The Balaban J connectivity index is 1.84. The number of aliphatic carboxylic acids is 1. The monoisotopic (exact) mass is 322 g/mol. The van der Waals surface area contributed by atoms with Gasteiger partial charge < -0.3 is 15.3 Å². The number of hydrogen-bond acceptors (Lipinski definition) is 3. The zero-order valence-electron chi connectivity index (χ0n) is 12.6. The molecule has 1 aliphatic heterocycles. The fraction of sp³-hybridized carbons (Fsp3) is 0.438. The van der Waals surface area contributed by atoms with Crippen LogP contribution in [0.1, 0.15) is 32.1 Å². The summed E-state index contributed by atoms with van der Waals surface area (Å²) in [5, 5.41) is 11.2. The van der Waals surface area contributed by atoms with Gasteiger partial charge in [-0.25, -0.2) is 4.39 Å². The van der Waals surface area contributed by atoms with Crippen LogP contribution in [0, 0.1) is 5.82 Å². The van der Waals surface area contributed by atoms with Crippen LogP contribution in [0.2, 0.25) is 0 Å². The first-order chi connectivity index (χ1) is 11.0. The molecule has 0 radical (unpaired) electrons. The van der Waals surface area contributed by atoms with E-state index in [1.807, 2.05) is 0 Å². The van der Waals surface area contributed by atoms with Gasteiger partial charge in [0.15, 0.2) is 0 Å². The third kappa shape index (κ3) is 4.51. The van der Waals surface area contributed by atoms with Crippen LogP contribution >= 0.6 is 0 Å². The molecule has 6 nitrogen and oxygen atoms in total. The summed E-state index contributed by atoms with van der Waals surface area (Å²) in [6.07, 6.45) is 1.50. The van der Waals surface area contributed by atoms with Gasteiger partial charge in [0, 0.05) is 19.4 Å². The topological polar surface area (TPSA) is 86.7 Å². The summed E-state index contributed by atoms with van der Waals surface area (Å²) in [6, 6.07) is 5.37. The first-order valence-corrected chi connectivity index (χ1v) is 7.56. The van der Waals surface area contributed by atoms with E-state index in [4.69, 9.17) is 5.11 Å². The number of nitrogens with zero attached hydrogens (tertiary/aromatic N) is 1. The molecule has 124 valence electrons. The van der Waals surface area contributed by atoms with Crippen LogP contribution in [0.25, 0.3) is 0 Å². The highest BCUT2D eigenvalue weighted by atomic mass is 19.1. The highest BCUT2D eigenvalue weighted by Crippen LogP contribution is 2.24. The number of carboxylic acids is 1. The Hall–Kier alpha value is -2.44. The molecule has 1 saturated heterocycles. The normalized spacial score (nSPS) is 17.3. The molecule has 0 aromatic heterocycles. The predicted octanol–water partition coefficient (Wildman–Crippen LogP) is 1.69. The average molecular weight is 322 g/mol. The Morgan fingerprint density at radius 2 is 1.96 bits per heavy atom. The fourth-order valence-electron chi connectivity index (χ4n) is 2.55. The van der Waals surface area contributed by atoms with Gasteiger partial charge in [0.05, 0.1) is 5.69 Å². The summed E-state index contributed by atoms with van der Waals surface area (Å²) in [4.78, 5) is 35.8. The number of carbonyl (C=O) groups is 3. The van der Waals surface area contributed by atoms with E-state index in [1.54, 1.807) is 12.1 Å². The molecule has 1 unspecified atom stereocenters. The summed E-state index contributed by atoms with van der Waals surface area (Å²) in [5.41, 5.74) is 0.218. The Labute approximate surface area is 133 Å². The van der Waals surface area contributed by atoms with Crippen molar-refractivity contribution in [3.63, 3.8) is 0 Å². The van der Waals surface area contributed by atoms with E-state index in [2.05, 4.69) is 5.32 Å². The highest BCUT2D eigenvalue weighted by Gasteiger charge is 2.34. The van der Waals surface area contributed by atoms with Crippen LogP contribution in [0.5, 0.6) is 0 Å². The van der Waals surface area contributed by atoms with E-state index in [9.17, 15) is 18.8 Å². The van der Waals surface area contributed by atoms with E-state index in [-0.39, 0.29) is 30.3 Å². The molecule has 7 heteroatoms. The van der Waals surface area contributed by atoms with Gasteiger partial charge in [-0.15, -0.1) is 0 Å². The zero-order valence-corrected chi connectivity index (χ0v) is 12.6. The largest absolute Gasteiger partial charge is 0.481 e. The Morgan fingerprint density at radius 3 is 2.65 bits per heavy atom. The summed E-state index contributed by atoms with van der Waals surface area (Å²) in [5.74, 6) is -1.98. The molecule has 0 spiro atoms. The van der Waals surface area contributed by atoms with Gasteiger partial charge in [-0.05, 0) is 31.4 Å². The van der Waals surface area contributed by atoms with Gasteiger partial charge in [-0.2, -0.15) is 0 Å². The molecule has 1 aliphatic rings. The van der Waals surface area contributed by atoms with Crippen molar-refractivity contribution in [3.05, 3.63) is 30.1 Å².